The maximum Gasteiger partial charge on any atom is 0.197 e. The fourth-order valence-corrected chi connectivity index (χ4v) is 3.54. The first-order valence-corrected chi connectivity index (χ1v) is 9.07. The van der Waals surface area contributed by atoms with Gasteiger partial charge in [0.2, 0.25) is 0 Å². The fraction of sp³-hybridized carbons (Fsp3) is 0.143. The molecular formula is C21H15IO4. The normalized spacial score (nSPS) is 12.6. The second-order valence-electron chi connectivity index (χ2n) is 5.52. The minimum Gasteiger partial charge on any atom is -0.490 e. The third-order valence-electron chi connectivity index (χ3n) is 3.85. The Balaban J connectivity index is 2.03. The Morgan fingerprint density at radius 3 is 2.35 bits per heavy atom. The molecule has 4 nitrogen and oxygen atoms in total. The number of ketones is 2. The third-order valence-corrected chi connectivity index (χ3v) is 4.65. The minimum atomic E-state index is -0.258. The molecule has 1 aliphatic rings. The summed E-state index contributed by atoms with van der Waals surface area (Å²) in [6.45, 7) is 2.44. The number of terminal acetylenes is 1. The molecule has 130 valence electrons. The van der Waals surface area contributed by atoms with Gasteiger partial charge in [-0.3, -0.25) is 9.59 Å². The van der Waals surface area contributed by atoms with Crippen LogP contribution in [0.15, 0.2) is 42.0 Å². The quantitative estimate of drug-likeness (QED) is 0.292. The zero-order valence-electron chi connectivity index (χ0n) is 14.0. The number of rotatable bonds is 5. The van der Waals surface area contributed by atoms with Gasteiger partial charge in [0.05, 0.1) is 15.8 Å². The maximum atomic E-state index is 12.5. The molecule has 0 atom stereocenters. The average Bonchev–Trinajstić information content (AvgIpc) is 2.87. The summed E-state index contributed by atoms with van der Waals surface area (Å²) in [7, 11) is 0. The molecule has 0 spiro atoms. The van der Waals surface area contributed by atoms with E-state index in [0.717, 1.165) is 3.57 Å². The van der Waals surface area contributed by atoms with E-state index in [1.54, 1.807) is 36.4 Å². The molecule has 0 amide bonds. The Morgan fingerprint density at radius 2 is 1.77 bits per heavy atom. The van der Waals surface area contributed by atoms with Crippen molar-refractivity contribution in [2.45, 2.75) is 6.92 Å². The number of halogens is 1. The van der Waals surface area contributed by atoms with E-state index in [-0.39, 0.29) is 23.7 Å². The molecule has 0 saturated carbocycles. The minimum absolute atomic E-state index is 0.128. The van der Waals surface area contributed by atoms with E-state index in [1.807, 2.05) is 13.0 Å². The summed E-state index contributed by atoms with van der Waals surface area (Å²) in [6.07, 6.45) is 6.86. The molecule has 0 heterocycles. The number of carbonyl (C=O) groups is 2. The van der Waals surface area contributed by atoms with E-state index >= 15 is 0 Å². The van der Waals surface area contributed by atoms with Crippen LogP contribution in [0.2, 0.25) is 0 Å². The monoisotopic (exact) mass is 458 g/mol. The summed E-state index contributed by atoms with van der Waals surface area (Å²) in [6, 6.07) is 10.4. The standard InChI is InChI=1S/C21H15IO4/c1-3-9-26-21-17(22)11-13(12-18(21)25-4-2)10-16-19(23)14-7-5-6-8-15(14)20(16)24/h1,5-8,10-12H,4,9H2,2H3. The smallest absolute Gasteiger partial charge is 0.197 e. The van der Waals surface area contributed by atoms with Gasteiger partial charge in [0.25, 0.3) is 0 Å². The average molecular weight is 458 g/mol. The number of fused-ring (bicyclic) bond motifs is 1. The van der Waals surface area contributed by atoms with Gasteiger partial charge in [-0.25, -0.2) is 0 Å². The van der Waals surface area contributed by atoms with E-state index in [0.29, 0.717) is 34.8 Å². The van der Waals surface area contributed by atoms with Crippen molar-refractivity contribution in [1.29, 1.82) is 0 Å². The van der Waals surface area contributed by atoms with Crippen molar-refractivity contribution in [1.82, 2.24) is 0 Å². The fourth-order valence-electron chi connectivity index (χ4n) is 2.76. The molecule has 0 aromatic heterocycles. The molecular weight excluding hydrogens is 443 g/mol. The Labute approximate surface area is 165 Å². The highest BCUT2D eigenvalue weighted by Crippen LogP contribution is 2.36. The Kier molecular flexibility index (Phi) is 5.43. The molecule has 1 aliphatic carbocycles. The van der Waals surface area contributed by atoms with Crippen molar-refractivity contribution in [3.05, 3.63) is 62.2 Å². The molecule has 2 aromatic rings. The van der Waals surface area contributed by atoms with Crippen molar-refractivity contribution in [2.24, 2.45) is 0 Å². The van der Waals surface area contributed by atoms with Crippen LogP contribution >= 0.6 is 22.6 Å². The van der Waals surface area contributed by atoms with Crippen LogP contribution in [0, 0.1) is 15.9 Å². The molecule has 0 N–H and O–H groups in total. The van der Waals surface area contributed by atoms with Gasteiger partial charge in [0, 0.05) is 11.1 Å². The first kappa shape index (κ1) is 18.2. The van der Waals surface area contributed by atoms with Gasteiger partial charge in [0.15, 0.2) is 23.1 Å². The predicted molar refractivity (Wildman–Crippen MR) is 108 cm³/mol. The molecule has 0 bridgehead atoms. The summed E-state index contributed by atoms with van der Waals surface area (Å²) >= 11 is 2.12. The summed E-state index contributed by atoms with van der Waals surface area (Å²) in [4.78, 5) is 25.1. The molecule has 5 heteroatoms. The number of Topliss-reactive ketones (excluding diaryl/α,β-unsaturated/α-hetero) is 2. The second kappa shape index (κ2) is 7.75. The van der Waals surface area contributed by atoms with Crippen molar-refractivity contribution >= 4 is 40.2 Å². The Bertz CT molecular complexity index is 929. The summed E-state index contributed by atoms with van der Waals surface area (Å²) in [5.74, 6) is 2.99. The zero-order valence-corrected chi connectivity index (χ0v) is 16.2. The molecule has 3 rings (SSSR count). The Hall–Kier alpha value is -2.59. The van der Waals surface area contributed by atoms with Gasteiger partial charge >= 0.3 is 0 Å². The van der Waals surface area contributed by atoms with Crippen LogP contribution in [-0.2, 0) is 0 Å². The second-order valence-corrected chi connectivity index (χ2v) is 6.68. The van der Waals surface area contributed by atoms with Crippen LogP contribution in [0.3, 0.4) is 0 Å². The largest absolute Gasteiger partial charge is 0.490 e. The van der Waals surface area contributed by atoms with Crippen LogP contribution < -0.4 is 9.47 Å². The SMILES string of the molecule is C#CCOc1c(I)cc(C=C2C(=O)c3ccccc3C2=O)cc1OCC. The molecule has 2 aromatic carbocycles. The highest BCUT2D eigenvalue weighted by molar-refractivity contribution is 14.1. The number of allylic oxidation sites excluding steroid dienone is 1. The van der Waals surface area contributed by atoms with Crippen LogP contribution in [-0.4, -0.2) is 24.8 Å². The lowest BCUT2D eigenvalue weighted by molar-refractivity contribution is 0.0990. The van der Waals surface area contributed by atoms with Gasteiger partial charge in [-0.15, -0.1) is 6.42 Å². The van der Waals surface area contributed by atoms with Crippen molar-refractivity contribution < 1.29 is 19.1 Å². The van der Waals surface area contributed by atoms with E-state index < -0.39 is 0 Å². The number of benzene rings is 2. The topological polar surface area (TPSA) is 52.6 Å². The van der Waals surface area contributed by atoms with E-state index in [9.17, 15) is 9.59 Å². The molecule has 0 unspecified atom stereocenters. The van der Waals surface area contributed by atoms with Gasteiger partial charge in [-0.2, -0.15) is 0 Å². The zero-order chi connectivity index (χ0) is 18.7. The number of hydrogen-bond acceptors (Lipinski definition) is 4. The van der Waals surface area contributed by atoms with E-state index in [1.165, 1.54) is 0 Å². The molecule has 0 saturated heterocycles. The number of hydrogen-bond donors (Lipinski definition) is 0. The van der Waals surface area contributed by atoms with Crippen molar-refractivity contribution in [3.8, 4) is 23.8 Å². The van der Waals surface area contributed by atoms with Crippen molar-refractivity contribution in [3.63, 3.8) is 0 Å². The van der Waals surface area contributed by atoms with Gasteiger partial charge in [-0.1, -0.05) is 30.2 Å². The number of ether oxygens (including phenoxy) is 2. The predicted octanol–water partition coefficient (Wildman–Crippen LogP) is 4.16. The summed E-state index contributed by atoms with van der Waals surface area (Å²) < 4.78 is 12.0. The van der Waals surface area contributed by atoms with Crippen LogP contribution in [0.25, 0.3) is 6.08 Å². The summed E-state index contributed by atoms with van der Waals surface area (Å²) in [5, 5.41) is 0. The molecule has 0 fully saturated rings. The van der Waals surface area contributed by atoms with Gasteiger partial charge in [0.1, 0.15) is 6.61 Å². The maximum absolute atomic E-state index is 12.5. The van der Waals surface area contributed by atoms with Crippen LogP contribution in [0.4, 0.5) is 0 Å². The molecule has 0 radical (unpaired) electrons. The third kappa shape index (κ3) is 3.37. The first-order valence-electron chi connectivity index (χ1n) is 7.99. The Morgan fingerprint density at radius 1 is 1.12 bits per heavy atom. The highest BCUT2D eigenvalue weighted by atomic mass is 127. The summed E-state index contributed by atoms with van der Waals surface area (Å²) in [5.41, 5.74) is 1.73. The first-order chi connectivity index (χ1) is 12.6. The lowest BCUT2D eigenvalue weighted by Crippen LogP contribution is -2.03. The lowest BCUT2D eigenvalue weighted by atomic mass is 10.1. The molecule has 0 aliphatic heterocycles. The van der Waals surface area contributed by atoms with Crippen LogP contribution in [0.1, 0.15) is 33.2 Å². The van der Waals surface area contributed by atoms with Crippen molar-refractivity contribution in [2.75, 3.05) is 13.2 Å². The van der Waals surface area contributed by atoms with E-state index in [4.69, 9.17) is 15.9 Å². The molecule has 26 heavy (non-hydrogen) atoms. The van der Waals surface area contributed by atoms with E-state index in [2.05, 4.69) is 28.5 Å². The van der Waals surface area contributed by atoms with Gasteiger partial charge < -0.3 is 9.47 Å². The van der Waals surface area contributed by atoms with Crippen LogP contribution in [0.5, 0.6) is 11.5 Å². The number of carbonyl (C=O) groups excluding carboxylic acids is 2. The lowest BCUT2D eigenvalue weighted by Gasteiger charge is -2.13. The van der Waals surface area contributed by atoms with Gasteiger partial charge in [-0.05, 0) is 53.3 Å². The highest BCUT2D eigenvalue weighted by Gasteiger charge is 2.32.